The van der Waals surface area contributed by atoms with Crippen LogP contribution in [0.5, 0.6) is 0 Å². The molecule has 0 radical (unpaired) electrons. The topological polar surface area (TPSA) is 0 Å². The molecule has 0 N–H and O–H groups in total. The quantitative estimate of drug-likeness (QED) is 0.759. The Labute approximate surface area is 107 Å². The summed E-state index contributed by atoms with van der Waals surface area (Å²) >= 11 is 12.1. The molecule has 0 fully saturated rings. The molecule has 3 heteroatoms. The van der Waals surface area contributed by atoms with Gasteiger partial charge in [0.1, 0.15) is 0 Å². The van der Waals surface area contributed by atoms with Crippen molar-refractivity contribution in [1.82, 2.24) is 0 Å². The Hall–Kier alpha value is 0.210. The van der Waals surface area contributed by atoms with Gasteiger partial charge in [-0.25, -0.2) is 0 Å². The van der Waals surface area contributed by atoms with E-state index in [4.69, 9.17) is 11.6 Å². The van der Waals surface area contributed by atoms with Gasteiger partial charge in [-0.1, -0.05) is 37.6 Å². The van der Waals surface area contributed by atoms with E-state index in [-0.39, 0.29) is 0 Å². The van der Waals surface area contributed by atoms with Gasteiger partial charge in [0.05, 0.1) is 0 Å². The van der Waals surface area contributed by atoms with Crippen molar-refractivity contribution >= 4 is 36.0 Å². The Kier molecular flexibility index (Phi) is 5.37. The van der Waals surface area contributed by atoms with E-state index in [2.05, 4.69) is 38.6 Å². The Balaban J connectivity index is 2.35. The maximum atomic E-state index is 5.82. The van der Waals surface area contributed by atoms with Crippen molar-refractivity contribution in [3.63, 3.8) is 0 Å². The van der Waals surface area contributed by atoms with E-state index >= 15 is 0 Å². The van der Waals surface area contributed by atoms with Crippen molar-refractivity contribution in [3.05, 3.63) is 34.9 Å². The molecular formula is C12H17ClS2. The molecule has 0 aliphatic rings. The molecule has 1 aromatic rings. The zero-order valence-electron chi connectivity index (χ0n) is 9.16. The van der Waals surface area contributed by atoms with Crippen molar-refractivity contribution in [1.29, 1.82) is 0 Å². The maximum absolute atomic E-state index is 5.82. The van der Waals surface area contributed by atoms with Crippen LogP contribution >= 0.6 is 36.0 Å². The smallest absolute Gasteiger partial charge is 0.0406 e. The lowest BCUT2D eigenvalue weighted by Crippen LogP contribution is -2.16. The molecule has 0 amide bonds. The summed E-state index contributed by atoms with van der Waals surface area (Å²) in [4.78, 5) is 0. The fourth-order valence-electron chi connectivity index (χ4n) is 1.07. The summed E-state index contributed by atoms with van der Waals surface area (Å²) in [6, 6.07) is 8.06. The first-order valence-electron chi connectivity index (χ1n) is 4.96. The molecule has 0 aromatic heterocycles. The van der Waals surface area contributed by atoms with Gasteiger partial charge in [-0.2, -0.15) is 24.4 Å². The number of benzene rings is 1. The second-order valence-electron chi connectivity index (χ2n) is 4.44. The maximum Gasteiger partial charge on any atom is 0.0406 e. The predicted octanol–water partition coefficient (Wildman–Crippen LogP) is 4.53. The highest BCUT2D eigenvalue weighted by Crippen LogP contribution is 2.25. The van der Waals surface area contributed by atoms with Crippen molar-refractivity contribution in [2.24, 2.45) is 5.41 Å². The predicted molar refractivity (Wildman–Crippen MR) is 75.2 cm³/mol. The van der Waals surface area contributed by atoms with Crippen LogP contribution in [0.25, 0.3) is 0 Å². The third-order valence-electron chi connectivity index (χ3n) is 2.10. The van der Waals surface area contributed by atoms with Crippen molar-refractivity contribution in [2.45, 2.75) is 19.6 Å². The second-order valence-corrected chi connectivity index (χ2v) is 6.18. The minimum Gasteiger partial charge on any atom is -0.179 e. The molecule has 0 heterocycles. The summed E-state index contributed by atoms with van der Waals surface area (Å²) < 4.78 is 0. The molecule has 84 valence electrons. The molecule has 0 bridgehead atoms. The third-order valence-corrected chi connectivity index (χ3v) is 4.73. The lowest BCUT2D eigenvalue weighted by Gasteiger charge is -2.21. The lowest BCUT2D eigenvalue weighted by atomic mass is 10.0. The van der Waals surface area contributed by atoms with Crippen LogP contribution in [-0.2, 0) is 5.75 Å². The van der Waals surface area contributed by atoms with E-state index in [1.54, 1.807) is 0 Å². The zero-order valence-corrected chi connectivity index (χ0v) is 11.6. The van der Waals surface area contributed by atoms with Gasteiger partial charge in [0, 0.05) is 10.8 Å². The van der Waals surface area contributed by atoms with Gasteiger partial charge < -0.3 is 0 Å². The molecule has 0 unspecified atom stereocenters. The summed E-state index contributed by atoms with van der Waals surface area (Å²) in [5.74, 6) is 3.12. The minimum atomic E-state index is 0.320. The van der Waals surface area contributed by atoms with E-state index < -0.39 is 0 Å². The van der Waals surface area contributed by atoms with Gasteiger partial charge in [-0.15, -0.1) is 0 Å². The number of rotatable bonds is 5. The average molecular weight is 261 g/mol. The summed E-state index contributed by atoms with van der Waals surface area (Å²) in [5.41, 5.74) is 1.65. The van der Waals surface area contributed by atoms with Crippen LogP contribution < -0.4 is 0 Å². The molecule has 1 aromatic carbocycles. The van der Waals surface area contributed by atoms with Gasteiger partial charge in [0.25, 0.3) is 0 Å². The third kappa shape index (κ3) is 5.19. The van der Waals surface area contributed by atoms with Crippen LogP contribution in [-0.4, -0.2) is 11.5 Å². The van der Waals surface area contributed by atoms with Crippen LogP contribution in [0.4, 0.5) is 0 Å². The molecule has 0 nitrogen and oxygen atoms in total. The van der Waals surface area contributed by atoms with E-state index in [9.17, 15) is 0 Å². The normalized spacial score (nSPS) is 11.7. The SMILES string of the molecule is CC(C)(CS)CSCc1ccc(Cl)cc1. The first-order valence-corrected chi connectivity index (χ1v) is 7.13. The van der Waals surface area contributed by atoms with Crippen LogP contribution in [0.15, 0.2) is 24.3 Å². The molecular weight excluding hydrogens is 244 g/mol. The van der Waals surface area contributed by atoms with E-state index in [1.165, 1.54) is 5.56 Å². The van der Waals surface area contributed by atoms with Gasteiger partial charge in [-0.05, 0) is 34.6 Å². The number of hydrogen-bond acceptors (Lipinski definition) is 2. The van der Waals surface area contributed by atoms with E-state index in [1.807, 2.05) is 23.9 Å². The van der Waals surface area contributed by atoms with Crippen molar-refractivity contribution < 1.29 is 0 Å². The summed E-state index contributed by atoms with van der Waals surface area (Å²) in [6.07, 6.45) is 0. The van der Waals surface area contributed by atoms with Gasteiger partial charge in [0.2, 0.25) is 0 Å². The number of hydrogen-bond donors (Lipinski definition) is 1. The summed E-state index contributed by atoms with van der Waals surface area (Å²) in [5, 5.41) is 0.805. The highest BCUT2D eigenvalue weighted by molar-refractivity contribution is 7.98. The van der Waals surface area contributed by atoms with Gasteiger partial charge in [0.15, 0.2) is 0 Å². The molecule has 15 heavy (non-hydrogen) atoms. The van der Waals surface area contributed by atoms with Crippen molar-refractivity contribution in [3.8, 4) is 0 Å². The monoisotopic (exact) mass is 260 g/mol. The molecule has 0 saturated carbocycles. The van der Waals surface area contributed by atoms with E-state index in [0.29, 0.717) is 5.41 Å². The Morgan fingerprint density at radius 3 is 2.40 bits per heavy atom. The minimum absolute atomic E-state index is 0.320. The Bertz CT molecular complexity index is 293. The Morgan fingerprint density at radius 1 is 1.27 bits per heavy atom. The fraction of sp³-hybridized carbons (Fsp3) is 0.500. The zero-order chi connectivity index (χ0) is 11.3. The molecule has 0 aliphatic carbocycles. The standard InChI is InChI=1S/C12H17ClS2/c1-12(2,8-14)9-15-7-10-3-5-11(13)6-4-10/h3-6,14H,7-9H2,1-2H3. The molecule has 0 atom stereocenters. The largest absolute Gasteiger partial charge is 0.179 e. The average Bonchev–Trinajstić information content (AvgIpc) is 2.21. The molecule has 0 saturated heterocycles. The van der Waals surface area contributed by atoms with Crippen LogP contribution in [0, 0.1) is 5.41 Å². The first kappa shape index (κ1) is 13.3. The number of halogens is 1. The Morgan fingerprint density at radius 2 is 1.87 bits per heavy atom. The number of thiol groups is 1. The van der Waals surface area contributed by atoms with Gasteiger partial charge in [-0.3, -0.25) is 0 Å². The van der Waals surface area contributed by atoms with Crippen LogP contribution in [0.2, 0.25) is 5.02 Å². The summed E-state index contributed by atoms with van der Waals surface area (Å²) in [6.45, 7) is 4.49. The van der Waals surface area contributed by atoms with Crippen LogP contribution in [0.1, 0.15) is 19.4 Å². The lowest BCUT2D eigenvalue weighted by molar-refractivity contribution is 0.493. The molecule has 1 rings (SSSR count). The molecule has 0 spiro atoms. The van der Waals surface area contributed by atoms with Crippen LogP contribution in [0.3, 0.4) is 0 Å². The number of thioether (sulfide) groups is 1. The van der Waals surface area contributed by atoms with Gasteiger partial charge >= 0.3 is 0 Å². The molecule has 0 aliphatic heterocycles. The van der Waals surface area contributed by atoms with E-state index in [0.717, 1.165) is 22.3 Å². The highest BCUT2D eigenvalue weighted by Gasteiger charge is 2.15. The van der Waals surface area contributed by atoms with Crippen molar-refractivity contribution in [2.75, 3.05) is 11.5 Å². The highest BCUT2D eigenvalue weighted by atomic mass is 35.5. The first-order chi connectivity index (χ1) is 7.03. The second kappa shape index (κ2) is 6.07. The fourth-order valence-corrected chi connectivity index (χ4v) is 2.65. The summed E-state index contributed by atoms with van der Waals surface area (Å²) in [7, 11) is 0.